The average Bonchev–Trinajstić information content (AvgIpc) is 2.71. The number of aryl methyl sites for hydroxylation is 1. The third-order valence-electron chi connectivity index (χ3n) is 4.93. The molecule has 5 heteroatoms. The number of hydrogen-bond donors (Lipinski definition) is 1. The van der Waals surface area contributed by atoms with Gasteiger partial charge in [0.25, 0.3) is 0 Å². The minimum Gasteiger partial charge on any atom is -0.508 e. The molecular formula is C25H23F3O2. The van der Waals surface area contributed by atoms with E-state index in [-0.39, 0.29) is 16.9 Å². The fourth-order valence-electron chi connectivity index (χ4n) is 3.54. The first-order valence-corrected chi connectivity index (χ1v) is 9.77. The Bertz CT molecular complexity index is 1080. The Morgan fingerprint density at radius 1 is 0.833 bits per heavy atom. The number of fused-ring (bicyclic) bond motifs is 1. The molecule has 3 aromatic rings. The first-order chi connectivity index (χ1) is 14.3. The highest BCUT2D eigenvalue weighted by atomic mass is 19.1. The maximum Gasteiger partial charge on any atom is 0.150 e. The second-order valence-electron chi connectivity index (χ2n) is 6.87. The molecule has 30 heavy (non-hydrogen) atoms. The van der Waals surface area contributed by atoms with Crippen molar-refractivity contribution in [3.63, 3.8) is 0 Å². The van der Waals surface area contributed by atoms with Gasteiger partial charge in [-0.05, 0) is 43.2 Å². The molecule has 0 aromatic heterocycles. The van der Waals surface area contributed by atoms with Crippen molar-refractivity contribution in [1.82, 2.24) is 0 Å². The minimum absolute atomic E-state index is 0.00915. The van der Waals surface area contributed by atoms with Crippen LogP contribution in [0, 0.1) is 24.4 Å². The van der Waals surface area contributed by atoms with E-state index < -0.39 is 23.6 Å². The van der Waals surface area contributed by atoms with Crippen molar-refractivity contribution in [2.45, 2.75) is 33.8 Å². The van der Waals surface area contributed by atoms with Crippen molar-refractivity contribution in [1.29, 1.82) is 0 Å². The molecule has 1 N–H and O–H groups in total. The van der Waals surface area contributed by atoms with Crippen molar-refractivity contribution in [2.75, 3.05) is 0 Å². The summed E-state index contributed by atoms with van der Waals surface area (Å²) in [6.07, 6.45) is -0.785. The lowest BCUT2D eigenvalue weighted by molar-refractivity contribution is 0.258. The summed E-state index contributed by atoms with van der Waals surface area (Å²) >= 11 is 0. The quantitative estimate of drug-likeness (QED) is 0.482. The fraction of sp³-hybridized carbons (Fsp3) is 0.200. The fourth-order valence-corrected chi connectivity index (χ4v) is 3.54. The van der Waals surface area contributed by atoms with Crippen LogP contribution in [0.15, 0.2) is 54.6 Å². The molecule has 4 rings (SSSR count). The monoisotopic (exact) mass is 412 g/mol. The van der Waals surface area contributed by atoms with Gasteiger partial charge < -0.3 is 9.84 Å². The number of aromatic hydroxyl groups is 1. The first kappa shape index (κ1) is 21.5. The zero-order valence-electron chi connectivity index (χ0n) is 17.3. The van der Waals surface area contributed by atoms with Gasteiger partial charge in [-0.2, -0.15) is 0 Å². The molecule has 2 nitrogen and oxygen atoms in total. The molecule has 3 aromatic carbocycles. The summed E-state index contributed by atoms with van der Waals surface area (Å²) in [4.78, 5) is 0. The number of phenols is 1. The second-order valence-corrected chi connectivity index (χ2v) is 6.87. The Hall–Kier alpha value is -3.21. The molecule has 0 bridgehead atoms. The summed E-state index contributed by atoms with van der Waals surface area (Å²) in [5.41, 5.74) is 2.75. The number of phenolic OH excluding ortho intramolecular Hbond substituents is 1. The van der Waals surface area contributed by atoms with Crippen molar-refractivity contribution in [3.05, 3.63) is 94.3 Å². The van der Waals surface area contributed by atoms with E-state index in [9.17, 15) is 18.3 Å². The Morgan fingerprint density at radius 2 is 1.43 bits per heavy atom. The molecule has 0 saturated carbocycles. The SMILES string of the molecule is CC.CC1=C(c2c(F)cc(F)cc2F)C(c2ccc(C)cc2)Oc2ccc(O)cc21. The molecule has 1 unspecified atom stereocenters. The van der Waals surface area contributed by atoms with Gasteiger partial charge in [0, 0.05) is 23.3 Å². The van der Waals surface area contributed by atoms with Crippen LogP contribution in [0.3, 0.4) is 0 Å². The molecular weight excluding hydrogens is 389 g/mol. The van der Waals surface area contributed by atoms with Crippen molar-refractivity contribution in [3.8, 4) is 11.5 Å². The number of allylic oxidation sites excluding steroid dienone is 1. The second kappa shape index (κ2) is 8.66. The van der Waals surface area contributed by atoms with E-state index >= 15 is 0 Å². The minimum atomic E-state index is -1.00. The van der Waals surface area contributed by atoms with Gasteiger partial charge in [-0.25, -0.2) is 13.2 Å². The summed E-state index contributed by atoms with van der Waals surface area (Å²) in [5, 5.41) is 9.85. The molecule has 0 saturated heterocycles. The molecule has 0 radical (unpaired) electrons. The Kier molecular flexibility index (Phi) is 6.20. The van der Waals surface area contributed by atoms with Gasteiger partial charge in [-0.3, -0.25) is 0 Å². The normalized spacial score (nSPS) is 15.1. The van der Waals surface area contributed by atoms with Crippen LogP contribution in [-0.2, 0) is 0 Å². The lowest BCUT2D eigenvalue weighted by Crippen LogP contribution is -2.18. The summed E-state index contributed by atoms with van der Waals surface area (Å²) in [6, 6.07) is 13.3. The van der Waals surface area contributed by atoms with Crippen LogP contribution < -0.4 is 4.74 Å². The van der Waals surface area contributed by atoms with Crippen LogP contribution in [0.2, 0.25) is 0 Å². The van der Waals surface area contributed by atoms with Crippen LogP contribution >= 0.6 is 0 Å². The summed E-state index contributed by atoms with van der Waals surface area (Å²) < 4.78 is 48.9. The van der Waals surface area contributed by atoms with E-state index in [4.69, 9.17) is 4.74 Å². The van der Waals surface area contributed by atoms with Crippen LogP contribution in [-0.4, -0.2) is 5.11 Å². The van der Waals surface area contributed by atoms with E-state index in [0.29, 0.717) is 34.6 Å². The van der Waals surface area contributed by atoms with Gasteiger partial charge in [0.05, 0.1) is 5.56 Å². The maximum absolute atomic E-state index is 14.7. The highest BCUT2D eigenvalue weighted by Crippen LogP contribution is 2.48. The molecule has 0 amide bonds. The van der Waals surface area contributed by atoms with Gasteiger partial charge in [0.15, 0.2) is 0 Å². The third-order valence-corrected chi connectivity index (χ3v) is 4.93. The Labute approximate surface area is 174 Å². The molecule has 0 aliphatic carbocycles. The van der Waals surface area contributed by atoms with Crippen LogP contribution in [0.1, 0.15) is 49.1 Å². The summed E-state index contributed by atoms with van der Waals surface area (Å²) in [7, 11) is 0. The highest BCUT2D eigenvalue weighted by molar-refractivity contribution is 5.96. The topological polar surface area (TPSA) is 29.5 Å². The third kappa shape index (κ3) is 3.92. The molecule has 0 spiro atoms. The Balaban J connectivity index is 0.00000124. The molecule has 0 fully saturated rings. The van der Waals surface area contributed by atoms with Gasteiger partial charge in [0.2, 0.25) is 0 Å². The van der Waals surface area contributed by atoms with E-state index in [1.165, 1.54) is 12.1 Å². The van der Waals surface area contributed by atoms with E-state index in [1.54, 1.807) is 13.0 Å². The molecule has 1 heterocycles. The van der Waals surface area contributed by atoms with E-state index in [1.807, 2.05) is 45.0 Å². The molecule has 1 atom stereocenters. The lowest BCUT2D eigenvalue weighted by atomic mass is 9.85. The van der Waals surface area contributed by atoms with E-state index in [0.717, 1.165) is 5.56 Å². The first-order valence-electron chi connectivity index (χ1n) is 9.77. The predicted molar refractivity (Wildman–Crippen MR) is 113 cm³/mol. The number of hydrogen-bond acceptors (Lipinski definition) is 2. The van der Waals surface area contributed by atoms with Crippen molar-refractivity contribution >= 4 is 11.1 Å². The standard InChI is InChI=1S/C23H17F3O2.C2H6/c1-12-3-5-14(6-4-12)23-21(22-18(25)9-15(24)10-19(22)26)13(2)17-11-16(27)7-8-20(17)28-23;1-2/h3-11,23,27H,1-2H3;1-2H3. The van der Waals surface area contributed by atoms with Crippen LogP contribution in [0.5, 0.6) is 11.5 Å². The van der Waals surface area contributed by atoms with Crippen molar-refractivity contribution < 1.29 is 23.0 Å². The zero-order chi connectivity index (χ0) is 22.0. The van der Waals surface area contributed by atoms with Crippen molar-refractivity contribution in [2.24, 2.45) is 0 Å². The average molecular weight is 412 g/mol. The largest absolute Gasteiger partial charge is 0.508 e. The zero-order valence-corrected chi connectivity index (χ0v) is 17.3. The highest BCUT2D eigenvalue weighted by Gasteiger charge is 2.33. The van der Waals surface area contributed by atoms with Crippen LogP contribution in [0.4, 0.5) is 13.2 Å². The number of halogens is 3. The number of ether oxygens (including phenoxy) is 1. The molecule has 1 aliphatic rings. The predicted octanol–water partition coefficient (Wildman–Crippen LogP) is 7.21. The van der Waals surface area contributed by atoms with Gasteiger partial charge in [-0.15, -0.1) is 0 Å². The van der Waals surface area contributed by atoms with Gasteiger partial charge in [-0.1, -0.05) is 43.7 Å². The van der Waals surface area contributed by atoms with E-state index in [2.05, 4.69) is 0 Å². The Morgan fingerprint density at radius 3 is 2.03 bits per heavy atom. The molecule has 156 valence electrons. The number of benzene rings is 3. The maximum atomic E-state index is 14.7. The van der Waals surface area contributed by atoms with Gasteiger partial charge >= 0.3 is 0 Å². The number of rotatable bonds is 2. The summed E-state index contributed by atoms with van der Waals surface area (Å²) in [6.45, 7) is 7.64. The van der Waals surface area contributed by atoms with Crippen LogP contribution in [0.25, 0.3) is 11.1 Å². The molecule has 1 aliphatic heterocycles. The summed E-state index contributed by atoms with van der Waals surface area (Å²) in [5.74, 6) is -2.49. The smallest absolute Gasteiger partial charge is 0.150 e. The van der Waals surface area contributed by atoms with Gasteiger partial charge in [0.1, 0.15) is 35.1 Å². The lowest BCUT2D eigenvalue weighted by Gasteiger charge is -2.31.